The van der Waals surface area contributed by atoms with Gasteiger partial charge in [0.1, 0.15) is 24.2 Å². The molecule has 1 saturated heterocycles. The Morgan fingerprint density at radius 1 is 0.905 bits per heavy atom. The molecule has 4 atom stereocenters. The van der Waals surface area contributed by atoms with Crippen LogP contribution in [0, 0.1) is 0 Å². The molecule has 0 bridgehead atoms. The molecule has 2 aliphatic heterocycles. The van der Waals surface area contributed by atoms with Crippen molar-refractivity contribution in [2.75, 3.05) is 92.0 Å². The normalized spacial score (nSPS) is 21.0. The Balaban J connectivity index is 1.46. The van der Waals surface area contributed by atoms with E-state index in [1.165, 1.54) is 0 Å². The van der Waals surface area contributed by atoms with E-state index in [1.807, 2.05) is 18.2 Å². The van der Waals surface area contributed by atoms with Crippen molar-refractivity contribution in [1.82, 2.24) is 5.32 Å². The molecule has 234 valence electrons. The van der Waals surface area contributed by atoms with Gasteiger partial charge in [0, 0.05) is 66.5 Å². The number of benzene rings is 2. The quantitative estimate of drug-likeness (QED) is 0.253. The Kier molecular flexibility index (Phi) is 13.6. The summed E-state index contributed by atoms with van der Waals surface area (Å²) in [7, 11) is 5.00. The summed E-state index contributed by atoms with van der Waals surface area (Å²) in [5, 5.41) is 13.7. The molecule has 2 heterocycles. The summed E-state index contributed by atoms with van der Waals surface area (Å²) in [4.78, 5) is 2.36. The van der Waals surface area contributed by atoms with Gasteiger partial charge in [-0.25, -0.2) is 0 Å². The second-order valence-corrected chi connectivity index (χ2v) is 10.8. The molecule has 4 rings (SSSR count). The third-order valence-electron chi connectivity index (χ3n) is 7.60. The van der Waals surface area contributed by atoms with Crippen LogP contribution in [0.3, 0.4) is 0 Å². The van der Waals surface area contributed by atoms with Crippen LogP contribution < -0.4 is 19.7 Å². The lowest BCUT2D eigenvalue weighted by Crippen LogP contribution is -2.51. The first kappa shape index (κ1) is 32.5. The van der Waals surface area contributed by atoms with E-state index in [1.54, 1.807) is 21.3 Å². The van der Waals surface area contributed by atoms with Crippen LogP contribution >= 0.6 is 0 Å². The molecule has 0 saturated carbocycles. The van der Waals surface area contributed by atoms with Crippen molar-refractivity contribution in [3.8, 4) is 11.5 Å². The Bertz CT molecular complexity index is 1040. The zero-order valence-corrected chi connectivity index (χ0v) is 25.3. The highest BCUT2D eigenvalue weighted by Gasteiger charge is 2.36. The van der Waals surface area contributed by atoms with Crippen molar-refractivity contribution in [2.45, 2.75) is 43.7 Å². The van der Waals surface area contributed by atoms with Crippen LogP contribution in [-0.4, -0.2) is 111 Å². The van der Waals surface area contributed by atoms with Gasteiger partial charge < -0.3 is 48.5 Å². The fourth-order valence-corrected chi connectivity index (χ4v) is 5.51. The van der Waals surface area contributed by atoms with E-state index in [4.69, 9.17) is 33.2 Å². The maximum atomic E-state index is 10.2. The Hall–Kier alpha value is -2.44. The van der Waals surface area contributed by atoms with Crippen molar-refractivity contribution in [1.29, 1.82) is 0 Å². The third-order valence-corrected chi connectivity index (χ3v) is 7.60. The highest BCUT2D eigenvalue weighted by molar-refractivity contribution is 5.61. The summed E-state index contributed by atoms with van der Waals surface area (Å²) in [6, 6.07) is 14.5. The number of ether oxygens (including phenoxy) is 7. The van der Waals surface area contributed by atoms with Crippen LogP contribution in [0.4, 0.5) is 5.69 Å². The van der Waals surface area contributed by atoms with Crippen LogP contribution in [0.15, 0.2) is 42.5 Å². The molecule has 1 unspecified atom stereocenters. The second-order valence-electron chi connectivity index (χ2n) is 10.8. The minimum atomic E-state index is -0.690. The summed E-state index contributed by atoms with van der Waals surface area (Å²) < 4.78 is 40.1. The summed E-state index contributed by atoms with van der Waals surface area (Å²) in [6.07, 6.45) is 0.786. The third kappa shape index (κ3) is 9.54. The highest BCUT2D eigenvalue weighted by atomic mass is 16.5. The molecule has 2 aliphatic rings. The number of nitrogens with zero attached hydrogens (tertiary/aromatic N) is 1. The maximum Gasteiger partial charge on any atom is 0.142 e. The average molecular weight is 589 g/mol. The number of fused-ring (bicyclic) bond motifs is 1. The lowest BCUT2D eigenvalue weighted by molar-refractivity contribution is -0.0856. The number of methoxy groups -OCH3 is 3. The summed E-state index contributed by atoms with van der Waals surface area (Å²) >= 11 is 0. The molecule has 10 heteroatoms. The van der Waals surface area contributed by atoms with Crippen molar-refractivity contribution >= 4 is 5.69 Å². The number of nitrogens with one attached hydrogen (secondary N) is 1. The molecule has 0 radical (unpaired) electrons. The zero-order chi connectivity index (χ0) is 29.6. The van der Waals surface area contributed by atoms with Crippen LogP contribution in [0.2, 0.25) is 0 Å². The number of anilines is 1. The van der Waals surface area contributed by atoms with Crippen molar-refractivity contribution in [2.24, 2.45) is 0 Å². The van der Waals surface area contributed by atoms with E-state index in [0.29, 0.717) is 39.5 Å². The number of aliphatic hydroxyl groups is 1. The van der Waals surface area contributed by atoms with Gasteiger partial charge in [-0.05, 0) is 41.8 Å². The van der Waals surface area contributed by atoms with E-state index in [9.17, 15) is 5.11 Å². The standard InChI is InChI=1S/C32H48N2O8/c1-36-14-4-12-34-13-17-40-29-11-6-24(18-28(29)34)21-41-30-19-33-20-31(42-23-26(35)22-38-3)32(30)25-7-9-27(10-8-25)39-16-5-15-37-2/h6-11,18,26,30-33,35H,4-5,12-17,19-23H2,1-3H3/t26?,30-,31+,32+/m0/s1. The maximum absolute atomic E-state index is 10.2. The van der Waals surface area contributed by atoms with Crippen molar-refractivity contribution in [3.63, 3.8) is 0 Å². The van der Waals surface area contributed by atoms with Gasteiger partial charge in [0.25, 0.3) is 0 Å². The van der Waals surface area contributed by atoms with Gasteiger partial charge in [-0.15, -0.1) is 0 Å². The van der Waals surface area contributed by atoms with Gasteiger partial charge in [0.05, 0.1) is 50.9 Å². The highest BCUT2D eigenvalue weighted by Crippen LogP contribution is 2.35. The van der Waals surface area contributed by atoms with Gasteiger partial charge in [0.2, 0.25) is 0 Å². The van der Waals surface area contributed by atoms with Crippen LogP contribution in [0.25, 0.3) is 0 Å². The largest absolute Gasteiger partial charge is 0.494 e. The molecule has 2 aromatic carbocycles. The van der Waals surface area contributed by atoms with Gasteiger partial charge >= 0.3 is 0 Å². The summed E-state index contributed by atoms with van der Waals surface area (Å²) in [5.41, 5.74) is 3.31. The predicted molar refractivity (Wildman–Crippen MR) is 161 cm³/mol. The first-order valence-corrected chi connectivity index (χ1v) is 14.9. The van der Waals surface area contributed by atoms with E-state index in [2.05, 4.69) is 34.5 Å². The zero-order valence-electron chi connectivity index (χ0n) is 25.3. The van der Waals surface area contributed by atoms with Gasteiger partial charge in [-0.2, -0.15) is 0 Å². The SMILES string of the molecule is COCCCOc1ccc([C@@H]2[C@@H](OCc3ccc4c(c3)N(CCCOC)CCO4)CNC[C@H]2OCC(O)COC)cc1. The van der Waals surface area contributed by atoms with E-state index >= 15 is 0 Å². The molecule has 10 nitrogen and oxygen atoms in total. The Morgan fingerprint density at radius 3 is 2.43 bits per heavy atom. The number of rotatable bonds is 18. The second kappa shape index (κ2) is 17.6. The van der Waals surface area contributed by atoms with E-state index < -0.39 is 6.10 Å². The predicted octanol–water partition coefficient (Wildman–Crippen LogP) is 3.00. The molecule has 0 aliphatic carbocycles. The lowest BCUT2D eigenvalue weighted by atomic mass is 9.85. The monoisotopic (exact) mass is 588 g/mol. The minimum absolute atomic E-state index is 0.0324. The van der Waals surface area contributed by atoms with Crippen LogP contribution in [0.5, 0.6) is 11.5 Å². The number of hydrogen-bond acceptors (Lipinski definition) is 10. The molecular weight excluding hydrogens is 540 g/mol. The van der Waals surface area contributed by atoms with Gasteiger partial charge in [-0.1, -0.05) is 18.2 Å². The van der Waals surface area contributed by atoms with Gasteiger partial charge in [0.15, 0.2) is 0 Å². The van der Waals surface area contributed by atoms with Crippen LogP contribution in [-0.2, 0) is 30.3 Å². The molecule has 0 aromatic heterocycles. The lowest BCUT2D eigenvalue weighted by Gasteiger charge is -2.39. The smallest absolute Gasteiger partial charge is 0.142 e. The molecular formula is C32H48N2O8. The number of aliphatic hydroxyl groups excluding tert-OH is 1. The fraction of sp³-hybridized carbons (Fsp3) is 0.625. The molecule has 0 amide bonds. The molecule has 0 spiro atoms. The van der Waals surface area contributed by atoms with E-state index in [-0.39, 0.29) is 31.3 Å². The summed E-state index contributed by atoms with van der Waals surface area (Å²) in [6.45, 7) is 6.69. The van der Waals surface area contributed by atoms with Gasteiger partial charge in [-0.3, -0.25) is 0 Å². The summed E-state index contributed by atoms with van der Waals surface area (Å²) in [5.74, 6) is 1.70. The van der Waals surface area contributed by atoms with Crippen molar-refractivity contribution in [3.05, 3.63) is 53.6 Å². The Morgan fingerprint density at radius 2 is 1.67 bits per heavy atom. The number of hydrogen-bond donors (Lipinski definition) is 2. The van der Waals surface area contributed by atoms with E-state index in [0.717, 1.165) is 60.9 Å². The number of piperidine rings is 1. The average Bonchev–Trinajstić information content (AvgIpc) is 3.02. The fourth-order valence-electron chi connectivity index (χ4n) is 5.51. The first-order chi connectivity index (χ1) is 20.6. The minimum Gasteiger partial charge on any atom is -0.494 e. The Labute approximate surface area is 250 Å². The van der Waals surface area contributed by atoms with Crippen molar-refractivity contribution < 1.29 is 38.3 Å². The molecule has 2 N–H and O–H groups in total. The molecule has 1 fully saturated rings. The topological polar surface area (TPSA) is 100 Å². The van der Waals surface area contributed by atoms with Crippen LogP contribution in [0.1, 0.15) is 29.9 Å². The molecule has 2 aromatic rings. The molecule has 42 heavy (non-hydrogen) atoms. The first-order valence-electron chi connectivity index (χ1n) is 14.9.